The number of aromatic nitrogens is 6. The van der Waals surface area contributed by atoms with E-state index in [1.165, 1.54) is 18.2 Å². The van der Waals surface area contributed by atoms with Gasteiger partial charge in [-0.1, -0.05) is 5.21 Å². The molecule has 1 aliphatic carbocycles. The van der Waals surface area contributed by atoms with Crippen LogP contribution in [0.15, 0.2) is 42.7 Å². The molecule has 0 spiro atoms. The minimum Gasteiger partial charge on any atom is -0.508 e. The molecule has 5 rings (SSSR count). The minimum atomic E-state index is -0.419. The van der Waals surface area contributed by atoms with Crippen molar-refractivity contribution in [2.75, 3.05) is 5.32 Å². The molecule has 1 saturated carbocycles. The first-order valence-electron chi connectivity index (χ1n) is 10.2. The fourth-order valence-electron chi connectivity index (χ4n) is 4.08. The molecule has 0 radical (unpaired) electrons. The Morgan fingerprint density at radius 3 is 2.90 bits per heavy atom. The van der Waals surface area contributed by atoms with E-state index in [-0.39, 0.29) is 17.8 Å². The van der Waals surface area contributed by atoms with Crippen molar-refractivity contribution in [3.8, 4) is 17.1 Å². The summed E-state index contributed by atoms with van der Waals surface area (Å²) >= 11 is 0. The smallest absolute Gasteiger partial charge is 0.154 e. The van der Waals surface area contributed by atoms with Crippen molar-refractivity contribution in [3.63, 3.8) is 0 Å². The maximum absolute atomic E-state index is 13.6. The molecule has 0 aliphatic heterocycles. The Bertz CT molecular complexity index is 1240. The number of benzene rings is 1. The average Bonchev–Trinajstić information content (AvgIpc) is 3.48. The lowest BCUT2D eigenvalue weighted by Crippen LogP contribution is -2.18. The number of hydrogen-bond acceptors (Lipinski definition) is 7. The predicted octanol–water partition coefficient (Wildman–Crippen LogP) is 3.09. The number of nitrogens with one attached hydrogen (secondary N) is 1. The Hall–Kier alpha value is -3.53. The SMILES string of the molecule is C[C@@H](Nc1ccc2ncc(-c3cn([C@@H]4CCC[C@@H]4O)nn3)n2n1)c1cc(F)ccc1O. The highest BCUT2D eigenvalue weighted by atomic mass is 19.1. The lowest BCUT2D eigenvalue weighted by Gasteiger charge is -2.16. The number of aliphatic hydroxyl groups is 1. The van der Waals surface area contributed by atoms with Crippen molar-refractivity contribution in [2.24, 2.45) is 0 Å². The molecule has 160 valence electrons. The number of nitrogens with zero attached hydrogens (tertiary/aromatic N) is 6. The van der Waals surface area contributed by atoms with E-state index in [9.17, 15) is 14.6 Å². The second kappa shape index (κ2) is 7.62. The Labute approximate surface area is 177 Å². The molecule has 0 bridgehead atoms. The zero-order chi connectivity index (χ0) is 21.5. The van der Waals surface area contributed by atoms with Crippen LogP contribution in [0, 0.1) is 5.82 Å². The van der Waals surface area contributed by atoms with Gasteiger partial charge in [0.1, 0.15) is 28.8 Å². The standard InChI is InChI=1S/C21H22FN7O2/c1-12(14-9-13(22)5-6-18(14)30)24-20-7-8-21-23-10-17(29(21)26-20)15-11-28(27-25-15)16-3-2-4-19(16)31/h5-12,16,19,30-31H,2-4H2,1H3,(H,24,26)/t12-,16-,19+/m1/s1. The number of phenols is 1. The van der Waals surface area contributed by atoms with E-state index in [1.807, 2.05) is 13.0 Å². The molecule has 3 heterocycles. The van der Waals surface area contributed by atoms with Crippen molar-refractivity contribution < 1.29 is 14.6 Å². The maximum atomic E-state index is 13.6. The molecule has 0 amide bonds. The van der Waals surface area contributed by atoms with Crippen LogP contribution in [0.25, 0.3) is 17.0 Å². The van der Waals surface area contributed by atoms with Crippen LogP contribution in [-0.4, -0.2) is 45.9 Å². The lowest BCUT2D eigenvalue weighted by molar-refractivity contribution is 0.129. The molecule has 4 aromatic rings. The van der Waals surface area contributed by atoms with Gasteiger partial charge < -0.3 is 15.5 Å². The third-order valence-electron chi connectivity index (χ3n) is 5.74. The summed E-state index contributed by atoms with van der Waals surface area (Å²) in [6.07, 6.45) is 5.67. The zero-order valence-electron chi connectivity index (χ0n) is 16.9. The quantitative estimate of drug-likeness (QED) is 0.452. The number of aliphatic hydroxyl groups excluding tert-OH is 1. The van der Waals surface area contributed by atoms with Crippen molar-refractivity contribution in [3.05, 3.63) is 54.1 Å². The van der Waals surface area contributed by atoms with Crippen LogP contribution in [0.1, 0.15) is 43.8 Å². The minimum absolute atomic E-state index is 0.0107. The van der Waals surface area contributed by atoms with Crippen molar-refractivity contribution in [1.82, 2.24) is 29.6 Å². The highest BCUT2D eigenvalue weighted by molar-refractivity contribution is 5.59. The number of aromatic hydroxyl groups is 1. The average molecular weight is 423 g/mol. The summed E-state index contributed by atoms with van der Waals surface area (Å²) in [4.78, 5) is 4.38. The number of imidazole rings is 1. The van der Waals surface area contributed by atoms with Gasteiger partial charge in [-0.15, -0.1) is 10.2 Å². The molecule has 1 aliphatic rings. The van der Waals surface area contributed by atoms with Gasteiger partial charge in [-0.3, -0.25) is 0 Å². The van der Waals surface area contributed by atoms with E-state index in [0.717, 1.165) is 19.3 Å². The van der Waals surface area contributed by atoms with Crippen molar-refractivity contribution in [2.45, 2.75) is 44.4 Å². The van der Waals surface area contributed by atoms with Gasteiger partial charge in [0, 0.05) is 5.56 Å². The van der Waals surface area contributed by atoms with Crippen LogP contribution in [0.5, 0.6) is 5.75 Å². The van der Waals surface area contributed by atoms with Crippen LogP contribution < -0.4 is 5.32 Å². The van der Waals surface area contributed by atoms with Gasteiger partial charge in [0.2, 0.25) is 0 Å². The van der Waals surface area contributed by atoms with E-state index in [4.69, 9.17) is 0 Å². The molecule has 0 unspecified atom stereocenters. The summed E-state index contributed by atoms with van der Waals surface area (Å²) in [7, 11) is 0. The summed E-state index contributed by atoms with van der Waals surface area (Å²) < 4.78 is 17.0. The van der Waals surface area contributed by atoms with Crippen LogP contribution >= 0.6 is 0 Å². The highest BCUT2D eigenvalue weighted by Crippen LogP contribution is 2.31. The van der Waals surface area contributed by atoms with E-state index < -0.39 is 11.9 Å². The van der Waals surface area contributed by atoms with Crippen LogP contribution in [-0.2, 0) is 0 Å². The van der Waals surface area contributed by atoms with Crippen LogP contribution in [0.4, 0.5) is 10.2 Å². The Balaban J connectivity index is 1.44. The van der Waals surface area contributed by atoms with Gasteiger partial charge in [-0.25, -0.2) is 18.6 Å². The molecule has 9 nitrogen and oxygen atoms in total. The third kappa shape index (κ3) is 3.59. The van der Waals surface area contributed by atoms with Gasteiger partial charge in [0.25, 0.3) is 0 Å². The Kier molecular flexibility index (Phi) is 4.78. The maximum Gasteiger partial charge on any atom is 0.154 e. The van der Waals surface area contributed by atoms with E-state index >= 15 is 0 Å². The first-order chi connectivity index (χ1) is 15.0. The van der Waals surface area contributed by atoms with Gasteiger partial charge in [-0.05, 0) is 56.5 Å². The van der Waals surface area contributed by atoms with E-state index in [1.54, 1.807) is 27.7 Å². The van der Waals surface area contributed by atoms with Crippen molar-refractivity contribution >= 4 is 11.5 Å². The molecule has 3 N–H and O–H groups in total. The van der Waals surface area contributed by atoms with Gasteiger partial charge in [0.15, 0.2) is 5.65 Å². The summed E-state index contributed by atoms with van der Waals surface area (Å²) in [6.45, 7) is 1.81. The summed E-state index contributed by atoms with van der Waals surface area (Å²) in [5, 5.41) is 36.4. The first-order valence-corrected chi connectivity index (χ1v) is 10.2. The second-order valence-corrected chi connectivity index (χ2v) is 7.85. The lowest BCUT2D eigenvalue weighted by atomic mass is 10.1. The molecule has 1 fully saturated rings. The Morgan fingerprint density at radius 2 is 2.10 bits per heavy atom. The summed E-state index contributed by atoms with van der Waals surface area (Å²) in [5.74, 6) is 0.121. The molecule has 10 heteroatoms. The number of halogens is 1. The molecule has 3 atom stereocenters. The van der Waals surface area contributed by atoms with Gasteiger partial charge in [-0.2, -0.15) is 0 Å². The normalized spacial score (nSPS) is 19.7. The summed E-state index contributed by atoms with van der Waals surface area (Å²) in [5.41, 5.74) is 2.34. The monoisotopic (exact) mass is 423 g/mol. The zero-order valence-corrected chi connectivity index (χ0v) is 16.9. The first kappa shape index (κ1) is 19.4. The number of hydrogen-bond donors (Lipinski definition) is 3. The largest absolute Gasteiger partial charge is 0.508 e. The fourth-order valence-corrected chi connectivity index (χ4v) is 4.08. The number of fused-ring (bicyclic) bond motifs is 1. The topological polar surface area (TPSA) is 113 Å². The number of rotatable bonds is 5. The summed E-state index contributed by atoms with van der Waals surface area (Å²) in [6, 6.07) is 6.97. The number of phenolic OH excluding ortho intramolecular Hbond substituents is 1. The van der Waals surface area contributed by atoms with Crippen LogP contribution in [0.2, 0.25) is 0 Å². The van der Waals surface area contributed by atoms with Gasteiger partial charge in [0.05, 0.1) is 30.6 Å². The number of anilines is 1. The molecule has 3 aromatic heterocycles. The fraction of sp³-hybridized carbons (Fsp3) is 0.333. The van der Waals surface area contributed by atoms with Crippen molar-refractivity contribution in [1.29, 1.82) is 0 Å². The highest BCUT2D eigenvalue weighted by Gasteiger charge is 2.28. The Morgan fingerprint density at radius 1 is 1.23 bits per heavy atom. The molecule has 0 saturated heterocycles. The van der Waals surface area contributed by atoms with E-state index in [2.05, 4.69) is 25.7 Å². The molecular formula is C21H22FN7O2. The third-order valence-corrected chi connectivity index (χ3v) is 5.74. The van der Waals surface area contributed by atoms with Gasteiger partial charge >= 0.3 is 0 Å². The van der Waals surface area contributed by atoms with Crippen LogP contribution in [0.3, 0.4) is 0 Å². The molecule has 31 heavy (non-hydrogen) atoms. The predicted molar refractivity (Wildman–Crippen MR) is 111 cm³/mol. The van der Waals surface area contributed by atoms with E-state index in [0.29, 0.717) is 28.4 Å². The molecular weight excluding hydrogens is 401 g/mol. The molecule has 1 aromatic carbocycles. The second-order valence-electron chi connectivity index (χ2n) is 7.85.